The van der Waals surface area contributed by atoms with Crippen molar-refractivity contribution in [2.45, 2.75) is 38.9 Å². The molecule has 1 aromatic carbocycles. The van der Waals surface area contributed by atoms with Gasteiger partial charge in [-0.3, -0.25) is 9.80 Å². The zero-order valence-electron chi connectivity index (χ0n) is 19.5. The Hall–Kier alpha value is -3.18. The summed E-state index contributed by atoms with van der Waals surface area (Å²) in [5.41, 5.74) is -2.85. The fourth-order valence-corrected chi connectivity index (χ4v) is 3.18. The number of alkyl halides is 2. The molecule has 2 rings (SSSR count). The maximum absolute atomic E-state index is 14.0. The number of halogens is 3. The van der Waals surface area contributed by atoms with Crippen molar-refractivity contribution in [1.29, 1.82) is 0 Å². The van der Waals surface area contributed by atoms with Crippen molar-refractivity contribution in [1.82, 2.24) is 14.9 Å². The molecule has 0 aliphatic rings. The molecule has 34 heavy (non-hydrogen) atoms. The lowest BCUT2D eigenvalue weighted by Crippen LogP contribution is -2.42. The van der Waals surface area contributed by atoms with Crippen molar-refractivity contribution in [3.05, 3.63) is 47.5 Å². The molecule has 2 atom stereocenters. The van der Waals surface area contributed by atoms with E-state index in [1.54, 1.807) is 11.9 Å². The predicted octanol–water partition coefficient (Wildman–Crippen LogP) is 4.34. The first-order valence-electron chi connectivity index (χ1n) is 10.7. The summed E-state index contributed by atoms with van der Waals surface area (Å²) in [5.74, 6) is 4.97. The van der Waals surface area contributed by atoms with Gasteiger partial charge in [0.25, 0.3) is 11.6 Å². The Balaban J connectivity index is 2.17. The molecule has 2 unspecified atom stereocenters. The molecular formula is C23H28F3N6OP. The molecule has 0 aliphatic carbocycles. The van der Waals surface area contributed by atoms with Crippen LogP contribution in [0.4, 0.5) is 24.8 Å². The first-order valence-corrected chi connectivity index (χ1v) is 11.2. The van der Waals surface area contributed by atoms with Crippen LogP contribution in [0, 0.1) is 17.7 Å². The molecule has 1 N–H and O–H groups in total. The highest BCUT2D eigenvalue weighted by molar-refractivity contribution is 7.17. The van der Waals surface area contributed by atoms with Gasteiger partial charge in [-0.1, -0.05) is 28.0 Å². The van der Waals surface area contributed by atoms with E-state index in [-0.39, 0.29) is 35.6 Å². The molecule has 0 saturated heterocycles. The highest BCUT2D eigenvalue weighted by Gasteiger charge is 2.26. The second-order valence-electron chi connectivity index (χ2n) is 7.34. The van der Waals surface area contributed by atoms with Crippen molar-refractivity contribution in [3.63, 3.8) is 0 Å². The number of hydrogen-bond donors (Lipinski definition) is 1. The van der Waals surface area contributed by atoms with Gasteiger partial charge in [-0.2, -0.15) is 13.9 Å². The molecular weight excluding hydrogens is 464 g/mol. The summed E-state index contributed by atoms with van der Waals surface area (Å²) in [6.07, 6.45) is 4.16. The summed E-state index contributed by atoms with van der Waals surface area (Å²) in [6.45, 7) is 6.21. The third-order valence-corrected chi connectivity index (χ3v) is 5.17. The molecule has 1 heterocycles. The maximum atomic E-state index is 14.0. The third-order valence-electron chi connectivity index (χ3n) is 4.84. The minimum absolute atomic E-state index is 0.165. The lowest BCUT2D eigenvalue weighted by molar-refractivity contribution is 0.0712. The molecule has 0 spiro atoms. The normalized spacial score (nSPS) is 12.1. The Morgan fingerprint density at radius 3 is 2.59 bits per heavy atom. The van der Waals surface area contributed by atoms with Gasteiger partial charge in [0.05, 0.1) is 23.0 Å². The molecule has 0 saturated carbocycles. The minimum atomic E-state index is -3.11. The fourth-order valence-electron chi connectivity index (χ4n) is 3.03. The van der Waals surface area contributed by atoms with Gasteiger partial charge in [-0.15, -0.1) is 0 Å². The Morgan fingerprint density at radius 1 is 1.32 bits per heavy atom. The van der Waals surface area contributed by atoms with Gasteiger partial charge < -0.3 is 10.2 Å². The SMILES string of the molecule is CCC#C/C=N\N(C)c1cc(F)ccc1C(=O)N(CC)C(C)CNc1ncc(C(F)(F)P)cn1. The summed E-state index contributed by atoms with van der Waals surface area (Å²) < 4.78 is 40.6. The molecule has 0 fully saturated rings. The molecule has 7 nitrogen and oxygen atoms in total. The van der Waals surface area contributed by atoms with E-state index in [1.807, 2.05) is 20.8 Å². The summed E-state index contributed by atoms with van der Waals surface area (Å²) in [4.78, 5) is 22.7. The van der Waals surface area contributed by atoms with Crippen LogP contribution in [0.1, 0.15) is 43.1 Å². The third kappa shape index (κ3) is 7.42. The van der Waals surface area contributed by atoms with Crippen LogP contribution in [0.3, 0.4) is 0 Å². The van der Waals surface area contributed by atoms with Gasteiger partial charge in [-0.05, 0) is 32.0 Å². The van der Waals surface area contributed by atoms with E-state index in [4.69, 9.17) is 0 Å². The van der Waals surface area contributed by atoms with Gasteiger partial charge in [0.1, 0.15) is 5.82 Å². The smallest absolute Gasteiger partial charge is 0.286 e. The van der Waals surface area contributed by atoms with E-state index in [0.717, 1.165) is 12.4 Å². The van der Waals surface area contributed by atoms with Crippen molar-refractivity contribution in [2.75, 3.05) is 30.5 Å². The Kier molecular flexibility index (Phi) is 9.82. The second kappa shape index (κ2) is 12.3. The van der Waals surface area contributed by atoms with E-state index in [1.165, 1.54) is 38.7 Å². The average molecular weight is 492 g/mol. The molecule has 1 aromatic heterocycles. The van der Waals surface area contributed by atoms with Crippen LogP contribution >= 0.6 is 9.24 Å². The number of hydrazone groups is 1. The van der Waals surface area contributed by atoms with Gasteiger partial charge >= 0.3 is 0 Å². The van der Waals surface area contributed by atoms with Crippen molar-refractivity contribution < 1.29 is 18.0 Å². The quantitative estimate of drug-likeness (QED) is 0.244. The number of nitrogens with zero attached hydrogens (tertiary/aromatic N) is 5. The number of anilines is 2. The monoisotopic (exact) mass is 492 g/mol. The lowest BCUT2D eigenvalue weighted by Gasteiger charge is -2.29. The van der Waals surface area contributed by atoms with E-state index in [2.05, 4.69) is 32.2 Å². The summed E-state index contributed by atoms with van der Waals surface area (Å²) >= 11 is 0. The van der Waals surface area contributed by atoms with Crippen molar-refractivity contribution >= 4 is 33.0 Å². The van der Waals surface area contributed by atoms with E-state index in [9.17, 15) is 18.0 Å². The number of aromatic nitrogens is 2. The van der Waals surface area contributed by atoms with Gasteiger partial charge in [-0.25, -0.2) is 14.4 Å². The summed E-state index contributed by atoms with van der Waals surface area (Å²) in [7, 11) is 3.04. The van der Waals surface area contributed by atoms with E-state index in [0.29, 0.717) is 18.7 Å². The summed E-state index contributed by atoms with van der Waals surface area (Å²) in [6, 6.07) is 3.57. The zero-order valence-corrected chi connectivity index (χ0v) is 20.7. The fraction of sp³-hybridized carbons (Fsp3) is 0.391. The van der Waals surface area contributed by atoms with E-state index < -0.39 is 11.5 Å². The number of rotatable bonds is 9. The van der Waals surface area contributed by atoms with Crippen LogP contribution in [-0.2, 0) is 5.66 Å². The Bertz CT molecular complexity index is 1060. The first-order chi connectivity index (χ1) is 16.1. The molecule has 0 bridgehead atoms. The lowest BCUT2D eigenvalue weighted by atomic mass is 10.1. The van der Waals surface area contributed by atoms with Crippen LogP contribution in [0.5, 0.6) is 0 Å². The number of carbonyl (C=O) groups excluding carboxylic acids is 1. The van der Waals surface area contributed by atoms with Crippen LogP contribution in [0.2, 0.25) is 0 Å². The van der Waals surface area contributed by atoms with Gasteiger partial charge in [0, 0.05) is 45.0 Å². The van der Waals surface area contributed by atoms with Crippen molar-refractivity contribution in [3.8, 4) is 11.8 Å². The molecule has 182 valence electrons. The minimum Gasteiger partial charge on any atom is -0.352 e. The summed E-state index contributed by atoms with van der Waals surface area (Å²) in [5, 5.41) is 8.51. The van der Waals surface area contributed by atoms with Gasteiger partial charge in [0.15, 0.2) is 0 Å². The number of carbonyl (C=O) groups is 1. The average Bonchev–Trinajstić information content (AvgIpc) is 2.80. The Morgan fingerprint density at radius 2 is 2.00 bits per heavy atom. The Labute approximate surface area is 200 Å². The molecule has 11 heteroatoms. The molecule has 1 amide bonds. The number of benzene rings is 1. The van der Waals surface area contributed by atoms with Crippen molar-refractivity contribution in [2.24, 2.45) is 5.10 Å². The molecule has 0 aliphatic heterocycles. The van der Waals surface area contributed by atoms with Crippen LogP contribution in [-0.4, -0.2) is 53.2 Å². The van der Waals surface area contributed by atoms with Crippen LogP contribution in [0.25, 0.3) is 0 Å². The first kappa shape index (κ1) is 27.1. The number of nitrogens with one attached hydrogen (secondary N) is 1. The van der Waals surface area contributed by atoms with Crippen LogP contribution < -0.4 is 10.3 Å². The topological polar surface area (TPSA) is 73.7 Å². The highest BCUT2D eigenvalue weighted by atomic mass is 31.0. The zero-order chi connectivity index (χ0) is 25.3. The molecule has 0 radical (unpaired) electrons. The predicted molar refractivity (Wildman–Crippen MR) is 132 cm³/mol. The van der Waals surface area contributed by atoms with Gasteiger partial charge in [0.2, 0.25) is 5.95 Å². The van der Waals surface area contributed by atoms with E-state index >= 15 is 0 Å². The molecule has 2 aromatic rings. The standard InChI is InChI=1S/C23H28F3N6OP/c1-5-7-8-11-30-31(4)20-12-18(24)9-10-19(20)21(33)32(6-2)16(3)13-27-22-28-14-17(15-29-22)23(25,26)34/h9-12,14-16H,5-6,13,34H2,1-4H3,(H,27,28,29)/b30-11-. The number of hydrogen-bond acceptors (Lipinski definition) is 6. The van der Waals surface area contributed by atoms with Crippen LogP contribution in [0.15, 0.2) is 35.7 Å². The number of likely N-dealkylation sites (N-methyl/N-ethyl adjacent to an activating group) is 1. The largest absolute Gasteiger partial charge is 0.352 e. The number of amides is 1. The second-order valence-corrected chi connectivity index (χ2v) is 8.07. The highest BCUT2D eigenvalue weighted by Crippen LogP contribution is 2.33. The maximum Gasteiger partial charge on any atom is 0.286 e.